The van der Waals surface area contributed by atoms with Crippen LogP contribution in [0.25, 0.3) is 0 Å². The second-order valence-electron chi connectivity index (χ2n) is 4.48. The Morgan fingerprint density at radius 3 is 2.63 bits per heavy atom. The van der Waals surface area contributed by atoms with Crippen molar-refractivity contribution in [3.05, 3.63) is 33.3 Å². The van der Waals surface area contributed by atoms with Gasteiger partial charge in [-0.05, 0) is 38.2 Å². The van der Waals surface area contributed by atoms with E-state index < -0.39 is 0 Å². The second-order valence-corrected chi connectivity index (χ2v) is 5.81. The van der Waals surface area contributed by atoms with Gasteiger partial charge < -0.3 is 10.2 Å². The van der Waals surface area contributed by atoms with E-state index in [0.29, 0.717) is 10.6 Å². The quantitative estimate of drug-likeness (QED) is 0.853. The summed E-state index contributed by atoms with van der Waals surface area (Å²) >= 11 is 9.39. The zero-order chi connectivity index (χ0) is 14.4. The Morgan fingerprint density at radius 2 is 2.05 bits per heavy atom. The lowest BCUT2D eigenvalue weighted by atomic mass is 10.2. The van der Waals surface area contributed by atoms with Gasteiger partial charge in [0.05, 0.1) is 10.6 Å². The fourth-order valence-electron chi connectivity index (χ4n) is 1.89. The largest absolute Gasteiger partial charge is 0.348 e. The number of hydrogen-bond donors (Lipinski definition) is 1. The standard InChI is InChI=1S/C14H20BrClN2O/c1-4-18(5-2)9-10(3)17-14(19)12-8-11(15)6-7-13(12)16/h6-8,10H,4-5,9H2,1-3H3,(H,17,19). The van der Waals surface area contributed by atoms with E-state index in [2.05, 4.69) is 40.0 Å². The van der Waals surface area contributed by atoms with Crippen molar-refractivity contribution in [3.63, 3.8) is 0 Å². The van der Waals surface area contributed by atoms with Gasteiger partial charge in [-0.1, -0.05) is 41.4 Å². The molecule has 0 saturated carbocycles. The number of likely N-dealkylation sites (N-methyl/N-ethyl adjacent to an activating group) is 1. The summed E-state index contributed by atoms with van der Waals surface area (Å²) in [6.07, 6.45) is 0. The highest BCUT2D eigenvalue weighted by Gasteiger charge is 2.14. The summed E-state index contributed by atoms with van der Waals surface area (Å²) in [6, 6.07) is 5.36. The van der Waals surface area contributed by atoms with E-state index in [9.17, 15) is 4.79 Å². The van der Waals surface area contributed by atoms with Crippen molar-refractivity contribution in [1.29, 1.82) is 0 Å². The predicted molar refractivity (Wildman–Crippen MR) is 83.9 cm³/mol. The van der Waals surface area contributed by atoms with Gasteiger partial charge in [0.1, 0.15) is 0 Å². The minimum Gasteiger partial charge on any atom is -0.348 e. The molecule has 1 amide bonds. The summed E-state index contributed by atoms with van der Waals surface area (Å²) in [6.45, 7) is 9.03. The van der Waals surface area contributed by atoms with Crippen molar-refractivity contribution < 1.29 is 4.79 Å². The van der Waals surface area contributed by atoms with Gasteiger partial charge in [-0.25, -0.2) is 0 Å². The third-order valence-electron chi connectivity index (χ3n) is 2.98. The number of amides is 1. The highest BCUT2D eigenvalue weighted by atomic mass is 79.9. The van der Waals surface area contributed by atoms with Crippen molar-refractivity contribution in [3.8, 4) is 0 Å². The molecule has 1 aromatic carbocycles. The summed E-state index contributed by atoms with van der Waals surface area (Å²) in [5, 5.41) is 3.45. The molecule has 0 aliphatic heterocycles. The van der Waals surface area contributed by atoms with Gasteiger partial charge in [0, 0.05) is 17.1 Å². The molecule has 0 heterocycles. The van der Waals surface area contributed by atoms with E-state index in [1.807, 2.05) is 13.0 Å². The fraction of sp³-hybridized carbons (Fsp3) is 0.500. The molecule has 1 N–H and O–H groups in total. The molecule has 106 valence electrons. The molecule has 0 saturated heterocycles. The molecule has 0 fully saturated rings. The van der Waals surface area contributed by atoms with Gasteiger partial charge in [0.2, 0.25) is 0 Å². The SMILES string of the molecule is CCN(CC)CC(C)NC(=O)c1cc(Br)ccc1Cl. The maximum Gasteiger partial charge on any atom is 0.253 e. The molecular weight excluding hydrogens is 328 g/mol. The van der Waals surface area contributed by atoms with Crippen LogP contribution in [0, 0.1) is 0 Å². The minimum atomic E-state index is -0.133. The first kappa shape index (κ1) is 16.5. The number of benzene rings is 1. The van der Waals surface area contributed by atoms with Crippen LogP contribution < -0.4 is 5.32 Å². The Hall–Kier alpha value is -0.580. The molecule has 0 spiro atoms. The number of nitrogens with one attached hydrogen (secondary N) is 1. The molecule has 0 bridgehead atoms. The van der Waals surface area contributed by atoms with E-state index in [1.165, 1.54) is 0 Å². The zero-order valence-corrected chi connectivity index (χ0v) is 13.9. The number of carbonyl (C=O) groups is 1. The molecule has 0 aliphatic rings. The number of halogens is 2. The number of rotatable bonds is 6. The predicted octanol–water partition coefficient (Wildman–Crippen LogP) is 3.56. The van der Waals surface area contributed by atoms with Gasteiger partial charge in [-0.2, -0.15) is 0 Å². The van der Waals surface area contributed by atoms with Crippen LogP contribution in [-0.2, 0) is 0 Å². The highest BCUT2D eigenvalue weighted by molar-refractivity contribution is 9.10. The number of nitrogens with zero attached hydrogens (tertiary/aromatic N) is 1. The normalized spacial score (nSPS) is 12.5. The van der Waals surface area contributed by atoms with Crippen LogP contribution in [0.15, 0.2) is 22.7 Å². The van der Waals surface area contributed by atoms with E-state index in [1.54, 1.807) is 12.1 Å². The Bertz CT molecular complexity index is 435. The van der Waals surface area contributed by atoms with Crippen molar-refractivity contribution >= 4 is 33.4 Å². The Labute approximate surface area is 128 Å². The smallest absolute Gasteiger partial charge is 0.253 e. The molecule has 1 unspecified atom stereocenters. The van der Waals surface area contributed by atoms with Crippen LogP contribution in [0.1, 0.15) is 31.1 Å². The molecular formula is C14H20BrClN2O. The van der Waals surface area contributed by atoms with Crippen molar-refractivity contribution in [2.75, 3.05) is 19.6 Å². The van der Waals surface area contributed by atoms with E-state index in [4.69, 9.17) is 11.6 Å². The second kappa shape index (κ2) is 7.88. The maximum atomic E-state index is 12.2. The van der Waals surface area contributed by atoms with Crippen molar-refractivity contribution in [1.82, 2.24) is 10.2 Å². The maximum absolute atomic E-state index is 12.2. The van der Waals surface area contributed by atoms with Gasteiger partial charge in [0.15, 0.2) is 0 Å². The minimum absolute atomic E-state index is 0.0856. The van der Waals surface area contributed by atoms with Crippen LogP contribution in [0.4, 0.5) is 0 Å². The fourth-order valence-corrected chi connectivity index (χ4v) is 2.45. The lowest BCUT2D eigenvalue weighted by Gasteiger charge is -2.23. The van der Waals surface area contributed by atoms with Gasteiger partial charge in [0.25, 0.3) is 5.91 Å². The van der Waals surface area contributed by atoms with Crippen LogP contribution in [0.5, 0.6) is 0 Å². The van der Waals surface area contributed by atoms with E-state index in [0.717, 1.165) is 24.1 Å². The molecule has 0 radical (unpaired) electrons. The van der Waals surface area contributed by atoms with Crippen LogP contribution in [0.3, 0.4) is 0 Å². The first-order valence-electron chi connectivity index (χ1n) is 6.46. The summed E-state index contributed by atoms with van der Waals surface area (Å²) in [4.78, 5) is 14.4. The third-order valence-corrected chi connectivity index (χ3v) is 3.80. The molecule has 5 heteroatoms. The van der Waals surface area contributed by atoms with Crippen LogP contribution in [-0.4, -0.2) is 36.5 Å². The Kier molecular flexibility index (Phi) is 6.83. The molecule has 1 rings (SSSR count). The molecule has 0 aromatic heterocycles. The van der Waals surface area contributed by atoms with E-state index in [-0.39, 0.29) is 11.9 Å². The Balaban J connectivity index is 2.66. The van der Waals surface area contributed by atoms with Gasteiger partial charge in [-0.3, -0.25) is 4.79 Å². The topological polar surface area (TPSA) is 32.3 Å². The first-order chi connectivity index (χ1) is 8.97. The average molecular weight is 348 g/mol. The van der Waals surface area contributed by atoms with Gasteiger partial charge >= 0.3 is 0 Å². The van der Waals surface area contributed by atoms with Crippen molar-refractivity contribution in [2.45, 2.75) is 26.8 Å². The molecule has 0 aliphatic carbocycles. The summed E-state index contributed by atoms with van der Waals surface area (Å²) in [5.41, 5.74) is 0.502. The third kappa shape index (κ3) is 5.13. The summed E-state index contributed by atoms with van der Waals surface area (Å²) in [5.74, 6) is -0.133. The van der Waals surface area contributed by atoms with Crippen molar-refractivity contribution in [2.24, 2.45) is 0 Å². The molecule has 1 aromatic rings. The molecule has 3 nitrogen and oxygen atoms in total. The van der Waals surface area contributed by atoms with Gasteiger partial charge in [-0.15, -0.1) is 0 Å². The molecule has 1 atom stereocenters. The Morgan fingerprint density at radius 1 is 1.42 bits per heavy atom. The molecule has 19 heavy (non-hydrogen) atoms. The van der Waals surface area contributed by atoms with Crippen LogP contribution in [0.2, 0.25) is 5.02 Å². The number of hydrogen-bond acceptors (Lipinski definition) is 2. The zero-order valence-electron chi connectivity index (χ0n) is 11.5. The number of carbonyl (C=O) groups excluding carboxylic acids is 1. The monoisotopic (exact) mass is 346 g/mol. The van der Waals surface area contributed by atoms with E-state index >= 15 is 0 Å². The van der Waals surface area contributed by atoms with Crippen LogP contribution >= 0.6 is 27.5 Å². The summed E-state index contributed by atoms with van der Waals surface area (Å²) < 4.78 is 0.846. The average Bonchev–Trinajstić information content (AvgIpc) is 2.38. The summed E-state index contributed by atoms with van der Waals surface area (Å²) in [7, 11) is 0. The lowest BCUT2D eigenvalue weighted by Crippen LogP contribution is -2.42. The first-order valence-corrected chi connectivity index (χ1v) is 7.63. The lowest BCUT2D eigenvalue weighted by molar-refractivity contribution is 0.0930. The highest BCUT2D eigenvalue weighted by Crippen LogP contribution is 2.20.